The van der Waals surface area contributed by atoms with Gasteiger partial charge in [0, 0.05) is 19.0 Å². The van der Waals surface area contributed by atoms with Crippen molar-refractivity contribution in [2.24, 2.45) is 10.9 Å². The molecule has 0 fully saturated rings. The summed E-state index contributed by atoms with van der Waals surface area (Å²) in [5.41, 5.74) is 6.17. The number of nitrogens with zero attached hydrogens (tertiary/aromatic N) is 1. The molecule has 17 heavy (non-hydrogen) atoms. The Balaban J connectivity index is 2.67. The third kappa shape index (κ3) is 3.75. The summed E-state index contributed by atoms with van der Waals surface area (Å²) in [5.74, 6) is 1.63. The highest BCUT2D eigenvalue weighted by Crippen LogP contribution is 2.28. The summed E-state index contributed by atoms with van der Waals surface area (Å²) < 4.78 is 10.3. The van der Waals surface area contributed by atoms with Gasteiger partial charge in [-0.15, -0.1) is 0 Å². The van der Waals surface area contributed by atoms with Crippen LogP contribution in [0.4, 0.5) is 5.69 Å². The molecule has 1 rings (SSSR count). The van der Waals surface area contributed by atoms with E-state index in [1.54, 1.807) is 14.2 Å². The molecule has 1 aromatic carbocycles. The second-order valence-corrected chi connectivity index (χ2v) is 3.33. The SMILES string of the molecule is COc1ccc(OC)c(NCC/C(N)=N/O)c1. The third-order valence-electron chi connectivity index (χ3n) is 2.23. The highest BCUT2D eigenvalue weighted by atomic mass is 16.5. The van der Waals surface area contributed by atoms with Gasteiger partial charge in [0.25, 0.3) is 0 Å². The molecule has 0 aliphatic carbocycles. The third-order valence-corrected chi connectivity index (χ3v) is 2.23. The van der Waals surface area contributed by atoms with E-state index in [1.807, 2.05) is 18.2 Å². The minimum absolute atomic E-state index is 0.180. The quantitative estimate of drug-likeness (QED) is 0.301. The van der Waals surface area contributed by atoms with Crippen LogP contribution in [0.25, 0.3) is 0 Å². The largest absolute Gasteiger partial charge is 0.497 e. The molecule has 0 heterocycles. The number of oxime groups is 1. The molecular weight excluding hydrogens is 222 g/mol. The number of hydrogen-bond donors (Lipinski definition) is 3. The Bertz CT molecular complexity index is 394. The van der Waals surface area contributed by atoms with Crippen molar-refractivity contribution in [2.75, 3.05) is 26.1 Å². The van der Waals surface area contributed by atoms with Gasteiger partial charge >= 0.3 is 0 Å². The summed E-state index contributed by atoms with van der Waals surface area (Å²) in [4.78, 5) is 0. The lowest BCUT2D eigenvalue weighted by Gasteiger charge is -2.12. The molecule has 0 unspecified atom stereocenters. The number of hydrogen-bond acceptors (Lipinski definition) is 5. The van der Waals surface area contributed by atoms with Gasteiger partial charge in [-0.3, -0.25) is 0 Å². The number of benzene rings is 1. The zero-order valence-electron chi connectivity index (χ0n) is 9.93. The zero-order valence-corrected chi connectivity index (χ0v) is 9.93. The molecule has 0 aliphatic heterocycles. The molecular formula is C11H17N3O3. The molecule has 1 aromatic rings. The Morgan fingerprint density at radius 2 is 2.18 bits per heavy atom. The smallest absolute Gasteiger partial charge is 0.142 e. The van der Waals surface area contributed by atoms with Crippen molar-refractivity contribution in [1.82, 2.24) is 0 Å². The Kier molecular flexibility index (Phi) is 4.93. The molecule has 4 N–H and O–H groups in total. The summed E-state index contributed by atoms with van der Waals surface area (Å²) >= 11 is 0. The van der Waals surface area contributed by atoms with E-state index in [0.717, 1.165) is 11.4 Å². The normalized spacial score (nSPS) is 11.1. The van der Waals surface area contributed by atoms with E-state index in [0.29, 0.717) is 18.7 Å². The minimum Gasteiger partial charge on any atom is -0.497 e. The minimum atomic E-state index is 0.180. The lowest BCUT2D eigenvalue weighted by Crippen LogP contribution is -2.16. The van der Waals surface area contributed by atoms with Crippen LogP contribution in [0.15, 0.2) is 23.4 Å². The average molecular weight is 239 g/mol. The van der Waals surface area contributed by atoms with Gasteiger partial charge in [-0.25, -0.2) is 0 Å². The molecule has 0 amide bonds. The van der Waals surface area contributed by atoms with Gasteiger partial charge < -0.3 is 25.7 Å². The monoisotopic (exact) mass is 239 g/mol. The number of anilines is 1. The van der Waals surface area contributed by atoms with Crippen LogP contribution < -0.4 is 20.5 Å². The van der Waals surface area contributed by atoms with E-state index < -0.39 is 0 Å². The first-order valence-corrected chi connectivity index (χ1v) is 5.13. The Labute approximate surface area is 100 Å². The summed E-state index contributed by atoms with van der Waals surface area (Å²) in [7, 11) is 3.19. The standard InChI is InChI=1S/C11H17N3O3/c1-16-8-3-4-10(17-2)9(7-8)13-6-5-11(12)14-15/h3-4,7,13,15H,5-6H2,1-2H3,(H2,12,14). The van der Waals surface area contributed by atoms with Crippen LogP contribution in [0.3, 0.4) is 0 Å². The maximum Gasteiger partial charge on any atom is 0.142 e. The van der Waals surface area contributed by atoms with Gasteiger partial charge in [-0.2, -0.15) is 0 Å². The lowest BCUT2D eigenvalue weighted by atomic mass is 10.2. The van der Waals surface area contributed by atoms with Crippen molar-refractivity contribution in [2.45, 2.75) is 6.42 Å². The summed E-state index contributed by atoms with van der Waals surface area (Å²) in [6, 6.07) is 5.45. The first-order chi connectivity index (χ1) is 8.21. The molecule has 0 bridgehead atoms. The van der Waals surface area contributed by atoms with Crippen molar-refractivity contribution in [1.29, 1.82) is 0 Å². The van der Waals surface area contributed by atoms with Gasteiger partial charge in [0.05, 0.1) is 19.9 Å². The second-order valence-electron chi connectivity index (χ2n) is 3.33. The molecule has 0 atom stereocenters. The Hall–Kier alpha value is -2.11. The number of methoxy groups -OCH3 is 2. The molecule has 0 aliphatic rings. The van der Waals surface area contributed by atoms with Crippen molar-refractivity contribution >= 4 is 11.5 Å². The van der Waals surface area contributed by atoms with Gasteiger partial charge in [-0.1, -0.05) is 5.16 Å². The topological polar surface area (TPSA) is 89.1 Å². The van der Waals surface area contributed by atoms with E-state index in [2.05, 4.69) is 10.5 Å². The molecule has 0 saturated carbocycles. The molecule has 0 saturated heterocycles. The van der Waals surface area contributed by atoms with Crippen LogP contribution in [0.1, 0.15) is 6.42 Å². The number of ether oxygens (including phenoxy) is 2. The first-order valence-electron chi connectivity index (χ1n) is 5.13. The molecule has 0 aromatic heterocycles. The predicted octanol–water partition coefficient (Wildman–Crippen LogP) is 1.25. The molecule has 0 spiro atoms. The van der Waals surface area contributed by atoms with Gasteiger partial charge in [-0.05, 0) is 12.1 Å². The van der Waals surface area contributed by atoms with Crippen LogP contribution in [0.2, 0.25) is 0 Å². The van der Waals surface area contributed by atoms with Crippen LogP contribution in [0, 0.1) is 0 Å². The zero-order chi connectivity index (χ0) is 12.7. The summed E-state index contributed by atoms with van der Waals surface area (Å²) in [6.07, 6.45) is 0.441. The van der Waals surface area contributed by atoms with Gasteiger partial charge in [0.2, 0.25) is 0 Å². The van der Waals surface area contributed by atoms with Crippen molar-refractivity contribution in [3.05, 3.63) is 18.2 Å². The van der Waals surface area contributed by atoms with Crippen LogP contribution in [-0.2, 0) is 0 Å². The number of rotatable bonds is 6. The highest BCUT2D eigenvalue weighted by molar-refractivity contribution is 5.80. The van der Waals surface area contributed by atoms with E-state index in [-0.39, 0.29) is 5.84 Å². The molecule has 6 nitrogen and oxygen atoms in total. The van der Waals surface area contributed by atoms with E-state index in [4.69, 9.17) is 20.4 Å². The fourth-order valence-corrected chi connectivity index (χ4v) is 1.33. The number of nitrogens with one attached hydrogen (secondary N) is 1. The lowest BCUT2D eigenvalue weighted by molar-refractivity contribution is 0.317. The maximum absolute atomic E-state index is 8.41. The fourth-order valence-electron chi connectivity index (χ4n) is 1.33. The molecule has 94 valence electrons. The van der Waals surface area contributed by atoms with E-state index in [1.165, 1.54) is 0 Å². The van der Waals surface area contributed by atoms with Crippen LogP contribution >= 0.6 is 0 Å². The predicted molar refractivity (Wildman–Crippen MR) is 66.1 cm³/mol. The fraction of sp³-hybridized carbons (Fsp3) is 0.364. The Morgan fingerprint density at radius 1 is 1.41 bits per heavy atom. The van der Waals surface area contributed by atoms with Crippen molar-refractivity contribution < 1.29 is 14.7 Å². The van der Waals surface area contributed by atoms with E-state index >= 15 is 0 Å². The van der Waals surface area contributed by atoms with Gasteiger partial charge in [0.15, 0.2) is 0 Å². The summed E-state index contributed by atoms with van der Waals surface area (Å²) in [5, 5.41) is 14.4. The number of nitrogens with two attached hydrogens (primary N) is 1. The first kappa shape index (κ1) is 13.0. The molecule has 6 heteroatoms. The van der Waals surface area contributed by atoms with E-state index in [9.17, 15) is 0 Å². The van der Waals surface area contributed by atoms with Crippen molar-refractivity contribution in [3.8, 4) is 11.5 Å². The maximum atomic E-state index is 8.41. The van der Waals surface area contributed by atoms with Gasteiger partial charge in [0.1, 0.15) is 17.3 Å². The average Bonchev–Trinajstić information content (AvgIpc) is 2.38. The highest BCUT2D eigenvalue weighted by Gasteiger charge is 2.04. The Morgan fingerprint density at radius 3 is 2.76 bits per heavy atom. The number of amidine groups is 1. The molecule has 0 radical (unpaired) electrons. The van der Waals surface area contributed by atoms with Crippen LogP contribution in [-0.4, -0.2) is 31.8 Å². The van der Waals surface area contributed by atoms with Crippen LogP contribution in [0.5, 0.6) is 11.5 Å². The summed E-state index contributed by atoms with van der Waals surface area (Å²) in [6.45, 7) is 0.541. The second kappa shape index (κ2) is 6.47. The van der Waals surface area contributed by atoms with Crippen molar-refractivity contribution in [3.63, 3.8) is 0 Å².